The predicted molar refractivity (Wildman–Crippen MR) is 133 cm³/mol. The van der Waals surface area contributed by atoms with Crippen molar-refractivity contribution in [2.45, 2.75) is 0 Å². The summed E-state index contributed by atoms with van der Waals surface area (Å²) >= 11 is 0. The molecule has 148 valence electrons. The lowest BCUT2D eigenvalue weighted by atomic mass is 10.1. The fraction of sp³-hybridized carbons (Fsp3) is 0.0345. The van der Waals surface area contributed by atoms with E-state index in [0.717, 1.165) is 0 Å². The molecule has 5 aromatic carbocycles. The summed E-state index contributed by atoms with van der Waals surface area (Å²) < 4.78 is 2.35. The van der Waals surface area contributed by atoms with Crippen molar-refractivity contribution in [3.8, 4) is 5.69 Å². The molecule has 0 aliphatic carbocycles. The lowest BCUT2D eigenvalue weighted by Gasteiger charge is -2.22. The van der Waals surface area contributed by atoms with Crippen LogP contribution in [0.5, 0.6) is 0 Å². The van der Waals surface area contributed by atoms with Gasteiger partial charge in [-0.2, -0.15) is 0 Å². The van der Waals surface area contributed by atoms with E-state index in [9.17, 15) is 0 Å². The van der Waals surface area contributed by atoms with E-state index < -0.39 is 0 Å². The molecule has 31 heavy (non-hydrogen) atoms. The summed E-state index contributed by atoms with van der Waals surface area (Å²) in [6, 6.07) is 41.1. The van der Waals surface area contributed by atoms with Gasteiger partial charge in [-0.15, -0.1) is 0 Å². The zero-order valence-electron chi connectivity index (χ0n) is 17.4. The summed E-state index contributed by atoms with van der Waals surface area (Å²) in [5.74, 6) is 0. The SMILES string of the molecule is CN(c1ccc2c(c1)c1ccccc1n2-c1ccccc1)c1cccc2ccccc12. The van der Waals surface area contributed by atoms with E-state index >= 15 is 0 Å². The molecular formula is C29H22N2. The summed E-state index contributed by atoms with van der Waals surface area (Å²) in [7, 11) is 2.15. The lowest BCUT2D eigenvalue weighted by Crippen LogP contribution is -2.09. The minimum Gasteiger partial charge on any atom is -0.344 e. The molecule has 0 spiro atoms. The zero-order chi connectivity index (χ0) is 20.8. The van der Waals surface area contributed by atoms with Crippen molar-refractivity contribution >= 4 is 44.0 Å². The van der Waals surface area contributed by atoms with Crippen LogP contribution in [0, 0.1) is 0 Å². The van der Waals surface area contributed by atoms with Gasteiger partial charge in [-0.3, -0.25) is 0 Å². The first-order valence-corrected chi connectivity index (χ1v) is 10.6. The number of benzene rings is 5. The van der Waals surface area contributed by atoms with Gasteiger partial charge in [0, 0.05) is 40.3 Å². The van der Waals surface area contributed by atoms with Gasteiger partial charge >= 0.3 is 0 Å². The van der Waals surface area contributed by atoms with Crippen LogP contribution in [0.4, 0.5) is 11.4 Å². The topological polar surface area (TPSA) is 8.17 Å². The van der Waals surface area contributed by atoms with Gasteiger partial charge < -0.3 is 9.47 Å². The van der Waals surface area contributed by atoms with Gasteiger partial charge in [-0.05, 0) is 47.9 Å². The Bertz CT molecular complexity index is 1540. The van der Waals surface area contributed by atoms with Gasteiger partial charge in [0.1, 0.15) is 0 Å². The number of para-hydroxylation sites is 2. The minimum absolute atomic E-state index is 1.18. The second-order valence-corrected chi connectivity index (χ2v) is 7.95. The van der Waals surface area contributed by atoms with Crippen LogP contribution in [0.15, 0.2) is 115 Å². The molecule has 1 heterocycles. The first kappa shape index (κ1) is 17.8. The van der Waals surface area contributed by atoms with Crippen LogP contribution in [0.25, 0.3) is 38.3 Å². The fourth-order valence-corrected chi connectivity index (χ4v) is 4.66. The van der Waals surface area contributed by atoms with Crippen molar-refractivity contribution in [2.24, 2.45) is 0 Å². The largest absolute Gasteiger partial charge is 0.344 e. The highest BCUT2D eigenvalue weighted by Crippen LogP contribution is 2.37. The van der Waals surface area contributed by atoms with Crippen molar-refractivity contribution in [2.75, 3.05) is 11.9 Å². The molecule has 1 aromatic heterocycles. The normalized spacial score (nSPS) is 11.4. The van der Waals surface area contributed by atoms with Gasteiger partial charge in [0.2, 0.25) is 0 Å². The molecule has 0 saturated heterocycles. The highest BCUT2D eigenvalue weighted by Gasteiger charge is 2.14. The van der Waals surface area contributed by atoms with Crippen molar-refractivity contribution in [1.82, 2.24) is 4.57 Å². The van der Waals surface area contributed by atoms with Gasteiger partial charge in [0.15, 0.2) is 0 Å². The third kappa shape index (κ3) is 2.80. The first-order valence-electron chi connectivity index (χ1n) is 10.6. The van der Waals surface area contributed by atoms with Gasteiger partial charge in [-0.1, -0.05) is 72.8 Å². The predicted octanol–water partition coefficient (Wildman–Crippen LogP) is 7.70. The third-order valence-corrected chi connectivity index (χ3v) is 6.19. The number of hydrogen-bond acceptors (Lipinski definition) is 1. The molecule has 0 radical (unpaired) electrons. The Morgan fingerprint density at radius 1 is 0.548 bits per heavy atom. The van der Waals surface area contributed by atoms with Crippen LogP contribution >= 0.6 is 0 Å². The summed E-state index contributed by atoms with van der Waals surface area (Å²) in [6.45, 7) is 0. The Morgan fingerprint density at radius 2 is 1.23 bits per heavy atom. The summed E-state index contributed by atoms with van der Waals surface area (Å²) in [5.41, 5.74) is 6.03. The van der Waals surface area contributed by atoms with Crippen molar-refractivity contribution < 1.29 is 0 Å². The number of rotatable bonds is 3. The maximum Gasteiger partial charge on any atom is 0.0542 e. The van der Waals surface area contributed by atoms with Crippen molar-refractivity contribution in [3.63, 3.8) is 0 Å². The van der Waals surface area contributed by atoms with Crippen LogP contribution in [0.3, 0.4) is 0 Å². The number of hydrogen-bond donors (Lipinski definition) is 0. The van der Waals surface area contributed by atoms with Crippen LogP contribution in [0.2, 0.25) is 0 Å². The highest BCUT2D eigenvalue weighted by molar-refractivity contribution is 6.10. The van der Waals surface area contributed by atoms with Gasteiger partial charge in [0.25, 0.3) is 0 Å². The number of nitrogens with zero attached hydrogens (tertiary/aromatic N) is 2. The molecule has 0 N–H and O–H groups in total. The molecule has 2 nitrogen and oxygen atoms in total. The summed E-state index contributed by atoms with van der Waals surface area (Å²) in [4.78, 5) is 2.29. The van der Waals surface area contributed by atoms with E-state index in [1.54, 1.807) is 0 Å². The molecule has 0 aliphatic heterocycles. The maximum atomic E-state index is 2.35. The van der Waals surface area contributed by atoms with E-state index in [-0.39, 0.29) is 0 Å². The standard InChI is InChI=1S/C29H22N2/c1-30(27-17-9-11-21-10-5-6-14-24(21)27)23-18-19-29-26(20-23)25-15-7-8-16-28(25)31(29)22-12-3-2-4-13-22/h2-20H,1H3. The zero-order valence-corrected chi connectivity index (χ0v) is 17.4. The molecule has 6 rings (SSSR count). The second-order valence-electron chi connectivity index (χ2n) is 7.95. The number of anilines is 2. The molecular weight excluding hydrogens is 376 g/mol. The Morgan fingerprint density at radius 3 is 2.10 bits per heavy atom. The Hall–Kier alpha value is -4.04. The van der Waals surface area contributed by atoms with E-state index in [1.165, 1.54) is 49.6 Å². The van der Waals surface area contributed by atoms with Crippen molar-refractivity contribution in [3.05, 3.63) is 115 Å². The molecule has 0 bridgehead atoms. The molecule has 2 heteroatoms. The smallest absolute Gasteiger partial charge is 0.0542 e. The maximum absolute atomic E-state index is 2.35. The first-order chi connectivity index (χ1) is 15.3. The fourth-order valence-electron chi connectivity index (χ4n) is 4.66. The van der Waals surface area contributed by atoms with Crippen LogP contribution < -0.4 is 4.90 Å². The average Bonchev–Trinajstić information content (AvgIpc) is 3.17. The Kier molecular flexibility index (Phi) is 4.03. The quantitative estimate of drug-likeness (QED) is 0.296. The summed E-state index contributed by atoms with van der Waals surface area (Å²) in [6.07, 6.45) is 0. The number of fused-ring (bicyclic) bond motifs is 4. The lowest BCUT2D eigenvalue weighted by molar-refractivity contribution is 1.18. The Balaban J connectivity index is 1.58. The van der Waals surface area contributed by atoms with Gasteiger partial charge in [-0.25, -0.2) is 0 Å². The van der Waals surface area contributed by atoms with E-state index in [1.807, 2.05) is 0 Å². The van der Waals surface area contributed by atoms with Crippen molar-refractivity contribution in [1.29, 1.82) is 0 Å². The van der Waals surface area contributed by atoms with Crippen LogP contribution in [-0.4, -0.2) is 11.6 Å². The molecule has 0 aliphatic rings. The van der Waals surface area contributed by atoms with Gasteiger partial charge in [0.05, 0.1) is 11.0 Å². The molecule has 0 fully saturated rings. The second kappa shape index (κ2) is 7.03. The molecule has 0 unspecified atom stereocenters. The molecule has 6 aromatic rings. The molecule has 0 atom stereocenters. The van der Waals surface area contributed by atoms with Crippen LogP contribution in [-0.2, 0) is 0 Å². The Labute approximate surface area is 181 Å². The average molecular weight is 399 g/mol. The minimum atomic E-state index is 1.18. The monoisotopic (exact) mass is 398 g/mol. The van der Waals surface area contributed by atoms with E-state index in [0.29, 0.717) is 0 Å². The molecule has 0 saturated carbocycles. The highest BCUT2D eigenvalue weighted by atomic mass is 15.1. The molecule has 0 amide bonds. The number of aromatic nitrogens is 1. The third-order valence-electron chi connectivity index (χ3n) is 6.19. The van der Waals surface area contributed by atoms with E-state index in [4.69, 9.17) is 0 Å². The summed E-state index contributed by atoms with van der Waals surface area (Å²) in [5, 5.41) is 5.06. The van der Waals surface area contributed by atoms with E-state index in [2.05, 4.69) is 132 Å². The van der Waals surface area contributed by atoms with Crippen LogP contribution in [0.1, 0.15) is 0 Å².